The third-order valence-electron chi connectivity index (χ3n) is 12.2. The maximum Gasteiger partial charge on any atom is 0.407 e. The van der Waals surface area contributed by atoms with Gasteiger partial charge in [0.1, 0.15) is 29.3 Å². The molecule has 2 aromatic carbocycles. The number of fused-ring (bicyclic) bond motifs is 5. The normalized spacial score (nSPS) is 19.8. The van der Waals surface area contributed by atoms with Crippen molar-refractivity contribution < 1.29 is 23.5 Å². The number of thiophene rings is 1. The molecular weight excluding hydrogens is 768 g/mol. The van der Waals surface area contributed by atoms with Crippen LogP contribution >= 0.6 is 11.3 Å². The predicted octanol–water partition coefficient (Wildman–Crippen LogP) is 9.29. The summed E-state index contributed by atoms with van der Waals surface area (Å²) in [4.78, 5) is 46.3. The summed E-state index contributed by atoms with van der Waals surface area (Å²) in [5.74, 6) is 1.81. The minimum Gasteiger partial charge on any atom is -0.464 e. The summed E-state index contributed by atoms with van der Waals surface area (Å²) < 4.78 is 30.6. The van der Waals surface area contributed by atoms with Gasteiger partial charge in [0, 0.05) is 27.9 Å². The zero-order chi connectivity index (χ0) is 40.9. The van der Waals surface area contributed by atoms with Gasteiger partial charge in [-0.25, -0.2) is 19.2 Å². The van der Waals surface area contributed by atoms with Crippen molar-refractivity contribution in [2.24, 2.45) is 11.8 Å². The van der Waals surface area contributed by atoms with E-state index >= 15 is 4.39 Å². The van der Waals surface area contributed by atoms with Gasteiger partial charge in [-0.2, -0.15) is 0 Å². The van der Waals surface area contributed by atoms with Crippen molar-refractivity contribution in [3.05, 3.63) is 88.1 Å². The Morgan fingerprint density at radius 3 is 2.56 bits per heavy atom. The first-order valence-electron chi connectivity index (χ1n) is 20.8. The minimum absolute atomic E-state index is 0.151. The van der Waals surface area contributed by atoms with Crippen LogP contribution in [-0.4, -0.2) is 67.6 Å². The number of amides is 2. The number of halogens is 1. The largest absolute Gasteiger partial charge is 0.464 e. The molecule has 5 atom stereocenters. The van der Waals surface area contributed by atoms with Crippen LogP contribution in [-0.2, 0) is 16.0 Å². The van der Waals surface area contributed by atoms with Crippen LogP contribution in [0.3, 0.4) is 0 Å². The summed E-state index contributed by atoms with van der Waals surface area (Å²) in [5.41, 5.74) is 5.25. The van der Waals surface area contributed by atoms with Gasteiger partial charge in [0.05, 0.1) is 64.6 Å². The number of hydrogen-bond acceptors (Lipinski definition) is 8. The standard InChI is InChI=1S/C45H51FN8O4S/c1-6-25(4)17-29-12-14-38(59-29)44-54-34-13-11-26(32-22-48-41(50-32)31-9-7-15-47-31)18-28(34)20-36(54)39-30(46)19-27(21-37(39)58-44)33-23-49-42(51-33)35-10-8-16-53(35)43(55)40(24(2)3)52-45(56)57-5/h11-14,18-25,31,35,40,44,47H,6-10,15-17H2,1-5H3,(H,48,50)(H,49,51)(H,52,56). The van der Waals surface area contributed by atoms with E-state index in [1.54, 1.807) is 22.4 Å². The number of alkyl carbamates (subject to hydrolysis) is 1. The zero-order valence-corrected chi connectivity index (χ0v) is 34.9. The van der Waals surface area contributed by atoms with E-state index in [0.717, 1.165) is 77.2 Å². The first kappa shape index (κ1) is 39.0. The van der Waals surface area contributed by atoms with E-state index in [1.807, 2.05) is 26.1 Å². The topological polar surface area (TPSA) is 142 Å². The molecule has 9 rings (SSSR count). The molecule has 2 saturated heterocycles. The highest BCUT2D eigenvalue weighted by Crippen LogP contribution is 2.48. The van der Waals surface area contributed by atoms with Gasteiger partial charge in [0.2, 0.25) is 12.1 Å². The molecule has 12 nitrogen and oxygen atoms in total. The van der Waals surface area contributed by atoms with Crippen molar-refractivity contribution in [2.75, 3.05) is 20.2 Å². The molecule has 5 unspecified atom stereocenters. The number of nitrogens with zero attached hydrogens (tertiary/aromatic N) is 4. The van der Waals surface area contributed by atoms with Crippen molar-refractivity contribution in [1.82, 2.24) is 40.0 Å². The van der Waals surface area contributed by atoms with Gasteiger partial charge in [-0.1, -0.05) is 40.2 Å². The number of benzene rings is 2. The summed E-state index contributed by atoms with van der Waals surface area (Å²) in [5, 5.41) is 7.19. The molecule has 0 spiro atoms. The van der Waals surface area contributed by atoms with Crippen LogP contribution in [0, 0.1) is 17.7 Å². The second-order valence-corrected chi connectivity index (χ2v) is 17.8. The van der Waals surface area contributed by atoms with E-state index in [0.29, 0.717) is 47.3 Å². The summed E-state index contributed by atoms with van der Waals surface area (Å²) in [6, 6.07) is 15.3. The van der Waals surface area contributed by atoms with Gasteiger partial charge in [-0.05, 0) is 92.9 Å². The first-order valence-corrected chi connectivity index (χ1v) is 21.6. The predicted molar refractivity (Wildman–Crippen MR) is 227 cm³/mol. The van der Waals surface area contributed by atoms with Crippen molar-refractivity contribution in [2.45, 2.75) is 90.6 Å². The van der Waals surface area contributed by atoms with E-state index in [1.165, 1.54) is 18.1 Å². The molecule has 0 bridgehead atoms. The maximum atomic E-state index is 16.8. The molecule has 3 aliphatic heterocycles. The fraction of sp³-hybridized carbons (Fsp3) is 0.422. The van der Waals surface area contributed by atoms with Gasteiger partial charge in [-0.3, -0.25) is 9.36 Å². The Morgan fingerprint density at radius 1 is 1.00 bits per heavy atom. The second kappa shape index (κ2) is 15.9. The smallest absolute Gasteiger partial charge is 0.407 e. The molecule has 2 amide bonds. The highest BCUT2D eigenvalue weighted by molar-refractivity contribution is 7.12. The van der Waals surface area contributed by atoms with Crippen molar-refractivity contribution in [1.29, 1.82) is 0 Å². The van der Waals surface area contributed by atoms with Gasteiger partial charge in [0.15, 0.2) is 0 Å². The molecule has 7 heterocycles. The highest BCUT2D eigenvalue weighted by Gasteiger charge is 2.38. The maximum absolute atomic E-state index is 16.8. The van der Waals surface area contributed by atoms with Crippen LogP contribution in [0.2, 0.25) is 0 Å². The van der Waals surface area contributed by atoms with E-state index in [4.69, 9.17) is 19.4 Å². The lowest BCUT2D eigenvalue weighted by atomic mass is 10.0. The summed E-state index contributed by atoms with van der Waals surface area (Å²) >= 11 is 1.74. The Kier molecular flexibility index (Phi) is 10.5. The van der Waals surface area contributed by atoms with Crippen molar-refractivity contribution in [3.8, 4) is 39.5 Å². The molecule has 3 aliphatic rings. The number of carbonyl (C=O) groups excluding carboxylic acids is 2. The van der Waals surface area contributed by atoms with Gasteiger partial charge < -0.3 is 35.0 Å². The number of aromatic amines is 2. The van der Waals surface area contributed by atoms with E-state index < -0.39 is 24.2 Å². The number of H-pyrrole nitrogens is 2. The van der Waals surface area contributed by atoms with Crippen LogP contribution in [0.5, 0.6) is 5.75 Å². The average molecular weight is 819 g/mol. The second-order valence-electron chi connectivity index (χ2n) is 16.6. The number of methoxy groups -OCH3 is 1. The summed E-state index contributed by atoms with van der Waals surface area (Å²) in [6.45, 7) is 9.79. The lowest BCUT2D eigenvalue weighted by molar-refractivity contribution is -0.135. The first-order chi connectivity index (χ1) is 28.6. The molecule has 4 N–H and O–H groups in total. The Labute approximate surface area is 346 Å². The average Bonchev–Trinajstić information content (AvgIpc) is 4.09. The lowest BCUT2D eigenvalue weighted by Crippen LogP contribution is -2.51. The quantitative estimate of drug-likeness (QED) is 0.102. The molecule has 2 fully saturated rings. The number of rotatable bonds is 11. The fourth-order valence-electron chi connectivity index (χ4n) is 8.83. The zero-order valence-electron chi connectivity index (χ0n) is 34.1. The minimum atomic E-state index is -0.744. The van der Waals surface area contributed by atoms with Crippen LogP contribution < -0.4 is 15.4 Å². The molecule has 6 aromatic rings. The van der Waals surface area contributed by atoms with Crippen molar-refractivity contribution >= 4 is 34.2 Å². The molecule has 59 heavy (non-hydrogen) atoms. The molecule has 14 heteroatoms. The SMILES string of the molecule is CCC(C)Cc1ccc(C2Oc3cc(-c4cnc(C5CCCN5C(=O)C(NC(=O)OC)C(C)C)[nH]4)cc(F)c3-c3cc4cc(-c5cnc(C6CCCN6)[nH]5)ccc4n32)s1. The number of imidazole rings is 2. The van der Waals surface area contributed by atoms with E-state index in [9.17, 15) is 9.59 Å². The number of ether oxygens (including phenoxy) is 2. The monoisotopic (exact) mass is 818 g/mol. The van der Waals surface area contributed by atoms with E-state index in [2.05, 4.69) is 75.4 Å². The van der Waals surface area contributed by atoms with Crippen LogP contribution in [0.4, 0.5) is 9.18 Å². The molecule has 4 aromatic heterocycles. The van der Waals surface area contributed by atoms with E-state index in [-0.39, 0.29) is 23.9 Å². The van der Waals surface area contributed by atoms with Gasteiger partial charge in [0.25, 0.3) is 0 Å². The number of hydrogen-bond donors (Lipinski definition) is 4. The third-order valence-corrected chi connectivity index (χ3v) is 13.4. The molecule has 0 saturated carbocycles. The lowest BCUT2D eigenvalue weighted by Gasteiger charge is -2.30. The van der Waals surface area contributed by atoms with Crippen molar-refractivity contribution in [3.63, 3.8) is 0 Å². The Bertz CT molecular complexity index is 2510. The molecule has 0 aliphatic carbocycles. The van der Waals surface area contributed by atoms with Gasteiger partial charge in [-0.15, -0.1) is 11.3 Å². The Morgan fingerprint density at radius 2 is 1.80 bits per heavy atom. The number of aromatic nitrogens is 5. The third kappa shape index (κ3) is 7.30. The summed E-state index contributed by atoms with van der Waals surface area (Å²) in [6.07, 6.45) is 8.20. The Balaban J connectivity index is 1.07. The van der Waals surface area contributed by atoms with Crippen LogP contribution in [0.25, 0.3) is 44.7 Å². The highest BCUT2D eigenvalue weighted by atomic mass is 32.1. The molecular formula is C45H51FN8O4S. The number of likely N-dealkylation sites (tertiary alicyclic amines) is 1. The Hall–Kier alpha value is -5.47. The van der Waals surface area contributed by atoms with Crippen LogP contribution in [0.15, 0.2) is 60.9 Å². The van der Waals surface area contributed by atoms with Gasteiger partial charge >= 0.3 is 6.09 Å². The summed E-state index contributed by atoms with van der Waals surface area (Å²) in [7, 11) is 1.28. The van der Waals surface area contributed by atoms with Crippen LogP contribution in [0.1, 0.15) is 99.5 Å². The molecule has 0 radical (unpaired) electrons. The molecule has 308 valence electrons. The fourth-order valence-corrected chi connectivity index (χ4v) is 10.0. The number of carbonyl (C=O) groups is 2. The number of nitrogens with one attached hydrogen (secondary N) is 4.